The van der Waals surface area contributed by atoms with Gasteiger partial charge in [0.05, 0.1) is 0 Å². The molecule has 0 bridgehead atoms. The fourth-order valence-corrected chi connectivity index (χ4v) is 2.44. The fraction of sp³-hybridized carbons (Fsp3) is 1.00. The molecule has 1 N–H and O–H groups in total. The van der Waals surface area contributed by atoms with Gasteiger partial charge in [0.15, 0.2) is 0 Å². The van der Waals surface area contributed by atoms with E-state index in [2.05, 4.69) is 24.1 Å². The third kappa shape index (κ3) is 4.98. The van der Waals surface area contributed by atoms with Gasteiger partial charge >= 0.3 is 0 Å². The third-order valence-corrected chi connectivity index (χ3v) is 3.35. The summed E-state index contributed by atoms with van der Waals surface area (Å²) in [6.07, 6.45) is 8.16. The standard InChI is InChI=1S/C13H28N2/c1-3-5-9-14-12-13-8-6-7-11-15(13)10-4-2/h13-14H,3-12H2,1-2H3/t13-/m1/s1. The zero-order valence-corrected chi connectivity index (χ0v) is 10.6. The van der Waals surface area contributed by atoms with Crippen LogP contribution in [0.1, 0.15) is 52.4 Å². The molecule has 0 radical (unpaired) electrons. The van der Waals surface area contributed by atoms with E-state index >= 15 is 0 Å². The largest absolute Gasteiger partial charge is 0.315 e. The molecular formula is C13H28N2. The van der Waals surface area contributed by atoms with E-state index in [9.17, 15) is 0 Å². The Morgan fingerprint density at radius 3 is 2.80 bits per heavy atom. The second kappa shape index (κ2) is 8.12. The maximum absolute atomic E-state index is 3.60. The summed E-state index contributed by atoms with van der Waals surface area (Å²) < 4.78 is 0. The van der Waals surface area contributed by atoms with E-state index in [4.69, 9.17) is 0 Å². The van der Waals surface area contributed by atoms with Gasteiger partial charge in [-0.1, -0.05) is 26.7 Å². The topological polar surface area (TPSA) is 15.3 Å². The molecule has 2 nitrogen and oxygen atoms in total. The molecule has 0 aromatic carbocycles. The number of hydrogen-bond acceptors (Lipinski definition) is 2. The van der Waals surface area contributed by atoms with Crippen molar-refractivity contribution in [3.05, 3.63) is 0 Å². The van der Waals surface area contributed by atoms with Crippen LogP contribution in [-0.4, -0.2) is 37.1 Å². The quantitative estimate of drug-likeness (QED) is 0.653. The Labute approximate surface area is 95.4 Å². The highest BCUT2D eigenvalue weighted by molar-refractivity contribution is 4.78. The molecule has 1 fully saturated rings. The monoisotopic (exact) mass is 212 g/mol. The van der Waals surface area contributed by atoms with Crippen molar-refractivity contribution in [1.82, 2.24) is 10.2 Å². The number of rotatable bonds is 7. The maximum Gasteiger partial charge on any atom is 0.0220 e. The summed E-state index contributed by atoms with van der Waals surface area (Å²) >= 11 is 0. The van der Waals surface area contributed by atoms with Gasteiger partial charge in [-0.15, -0.1) is 0 Å². The predicted molar refractivity (Wildman–Crippen MR) is 67.3 cm³/mol. The molecule has 1 saturated heterocycles. The Hall–Kier alpha value is -0.0800. The van der Waals surface area contributed by atoms with Crippen LogP contribution in [-0.2, 0) is 0 Å². The van der Waals surface area contributed by atoms with Crippen molar-refractivity contribution in [2.75, 3.05) is 26.2 Å². The van der Waals surface area contributed by atoms with Crippen molar-refractivity contribution in [1.29, 1.82) is 0 Å². The molecule has 0 unspecified atom stereocenters. The van der Waals surface area contributed by atoms with Crippen LogP contribution in [0.3, 0.4) is 0 Å². The summed E-state index contributed by atoms with van der Waals surface area (Å²) in [4.78, 5) is 2.68. The third-order valence-electron chi connectivity index (χ3n) is 3.35. The molecular weight excluding hydrogens is 184 g/mol. The van der Waals surface area contributed by atoms with Crippen LogP contribution in [0.2, 0.25) is 0 Å². The number of hydrogen-bond donors (Lipinski definition) is 1. The first-order valence-corrected chi connectivity index (χ1v) is 6.83. The van der Waals surface area contributed by atoms with Crippen LogP contribution < -0.4 is 5.32 Å². The van der Waals surface area contributed by atoms with Crippen LogP contribution >= 0.6 is 0 Å². The lowest BCUT2D eigenvalue weighted by molar-refractivity contribution is 0.146. The first kappa shape index (κ1) is 13.0. The zero-order chi connectivity index (χ0) is 10.9. The summed E-state index contributed by atoms with van der Waals surface area (Å²) in [6.45, 7) is 9.57. The van der Waals surface area contributed by atoms with Gasteiger partial charge in [-0.05, 0) is 45.3 Å². The van der Waals surface area contributed by atoms with Crippen molar-refractivity contribution >= 4 is 0 Å². The summed E-state index contributed by atoms with van der Waals surface area (Å²) in [7, 11) is 0. The van der Waals surface area contributed by atoms with Crippen molar-refractivity contribution in [2.24, 2.45) is 0 Å². The molecule has 1 aliphatic rings. The van der Waals surface area contributed by atoms with Crippen LogP contribution in [0.15, 0.2) is 0 Å². The van der Waals surface area contributed by atoms with E-state index in [-0.39, 0.29) is 0 Å². The summed E-state index contributed by atoms with van der Waals surface area (Å²) in [5.74, 6) is 0. The molecule has 0 amide bonds. The summed E-state index contributed by atoms with van der Waals surface area (Å²) in [5.41, 5.74) is 0. The summed E-state index contributed by atoms with van der Waals surface area (Å²) in [6, 6.07) is 0.815. The second-order valence-corrected chi connectivity index (χ2v) is 4.74. The van der Waals surface area contributed by atoms with Crippen molar-refractivity contribution < 1.29 is 0 Å². The molecule has 2 heteroatoms. The SMILES string of the molecule is CCCCNC[C@H]1CCCCN1CCC. The lowest BCUT2D eigenvalue weighted by Crippen LogP contribution is -2.45. The van der Waals surface area contributed by atoms with E-state index in [1.54, 1.807) is 0 Å². The van der Waals surface area contributed by atoms with E-state index < -0.39 is 0 Å². The normalized spacial score (nSPS) is 23.2. The summed E-state index contributed by atoms with van der Waals surface area (Å²) in [5, 5.41) is 3.60. The Balaban J connectivity index is 2.17. The minimum atomic E-state index is 0.815. The van der Waals surface area contributed by atoms with E-state index in [0.29, 0.717) is 0 Å². The van der Waals surface area contributed by atoms with E-state index in [0.717, 1.165) is 6.04 Å². The average Bonchev–Trinajstić information content (AvgIpc) is 2.27. The van der Waals surface area contributed by atoms with Gasteiger partial charge < -0.3 is 5.32 Å². The van der Waals surface area contributed by atoms with Gasteiger partial charge in [0.1, 0.15) is 0 Å². The molecule has 1 aliphatic heterocycles. The molecule has 1 atom stereocenters. The van der Waals surface area contributed by atoms with Crippen molar-refractivity contribution in [2.45, 2.75) is 58.4 Å². The van der Waals surface area contributed by atoms with Crippen LogP contribution in [0, 0.1) is 0 Å². The van der Waals surface area contributed by atoms with Crippen LogP contribution in [0.4, 0.5) is 0 Å². The molecule has 0 aliphatic carbocycles. The van der Waals surface area contributed by atoms with Gasteiger partial charge in [-0.25, -0.2) is 0 Å². The lowest BCUT2D eigenvalue weighted by Gasteiger charge is -2.35. The van der Waals surface area contributed by atoms with E-state index in [1.165, 1.54) is 64.7 Å². The highest BCUT2D eigenvalue weighted by atomic mass is 15.2. The highest BCUT2D eigenvalue weighted by Crippen LogP contribution is 2.16. The number of nitrogens with zero attached hydrogens (tertiary/aromatic N) is 1. The molecule has 15 heavy (non-hydrogen) atoms. The first-order chi connectivity index (χ1) is 7.38. The smallest absolute Gasteiger partial charge is 0.0220 e. The fourth-order valence-electron chi connectivity index (χ4n) is 2.44. The molecule has 0 aromatic heterocycles. The van der Waals surface area contributed by atoms with Crippen LogP contribution in [0.5, 0.6) is 0 Å². The minimum Gasteiger partial charge on any atom is -0.315 e. The number of likely N-dealkylation sites (tertiary alicyclic amines) is 1. The predicted octanol–water partition coefficient (Wildman–Crippen LogP) is 2.64. The van der Waals surface area contributed by atoms with Gasteiger partial charge in [0.2, 0.25) is 0 Å². The Bertz CT molecular complexity index is 145. The number of unbranched alkanes of at least 4 members (excludes halogenated alkanes) is 1. The molecule has 0 spiro atoms. The van der Waals surface area contributed by atoms with Gasteiger partial charge in [-0.3, -0.25) is 4.90 Å². The highest BCUT2D eigenvalue weighted by Gasteiger charge is 2.20. The Kier molecular flexibility index (Phi) is 7.03. The lowest BCUT2D eigenvalue weighted by atomic mass is 10.0. The van der Waals surface area contributed by atoms with Gasteiger partial charge in [0.25, 0.3) is 0 Å². The van der Waals surface area contributed by atoms with E-state index in [1.807, 2.05) is 0 Å². The molecule has 1 rings (SSSR count). The zero-order valence-electron chi connectivity index (χ0n) is 10.6. The minimum absolute atomic E-state index is 0.815. The number of nitrogens with one attached hydrogen (secondary N) is 1. The number of piperidine rings is 1. The Morgan fingerprint density at radius 1 is 1.20 bits per heavy atom. The molecule has 1 heterocycles. The van der Waals surface area contributed by atoms with Crippen molar-refractivity contribution in [3.8, 4) is 0 Å². The molecule has 0 aromatic rings. The first-order valence-electron chi connectivity index (χ1n) is 6.83. The Morgan fingerprint density at radius 2 is 2.07 bits per heavy atom. The van der Waals surface area contributed by atoms with Gasteiger partial charge in [0, 0.05) is 12.6 Å². The van der Waals surface area contributed by atoms with Gasteiger partial charge in [-0.2, -0.15) is 0 Å². The molecule has 0 saturated carbocycles. The second-order valence-electron chi connectivity index (χ2n) is 4.74. The average molecular weight is 212 g/mol. The maximum atomic E-state index is 3.60. The van der Waals surface area contributed by atoms with Crippen LogP contribution in [0.25, 0.3) is 0 Å². The molecule has 90 valence electrons. The van der Waals surface area contributed by atoms with Crippen molar-refractivity contribution in [3.63, 3.8) is 0 Å².